The second kappa shape index (κ2) is 2.82. The van der Waals surface area contributed by atoms with Crippen molar-refractivity contribution in [2.45, 2.75) is 5.03 Å². The van der Waals surface area contributed by atoms with Crippen molar-refractivity contribution in [3.8, 4) is 6.07 Å². The van der Waals surface area contributed by atoms with Crippen molar-refractivity contribution in [3.63, 3.8) is 0 Å². The Bertz CT molecular complexity index is 236. The number of nitriles is 1. The Hall–Kier alpha value is -0.570. The van der Waals surface area contributed by atoms with E-state index in [0.717, 1.165) is 11.9 Å². The van der Waals surface area contributed by atoms with Gasteiger partial charge < -0.3 is 0 Å². The standard InChI is InChI=1S/C4H3N3S2/c5-1-3-2-8-7-4(3)9-6/h2H,6H2. The first-order valence-corrected chi connectivity index (χ1v) is 3.81. The van der Waals surface area contributed by atoms with Gasteiger partial charge in [0.1, 0.15) is 11.1 Å². The van der Waals surface area contributed by atoms with E-state index in [1.807, 2.05) is 6.07 Å². The maximum absolute atomic E-state index is 8.39. The molecule has 3 nitrogen and oxygen atoms in total. The lowest BCUT2D eigenvalue weighted by Gasteiger charge is -1.82. The molecular weight excluding hydrogens is 154 g/mol. The molecule has 1 rings (SSSR count). The van der Waals surface area contributed by atoms with Crippen LogP contribution in [-0.4, -0.2) is 4.37 Å². The predicted octanol–water partition coefficient (Wildman–Crippen LogP) is 0.981. The highest BCUT2D eigenvalue weighted by Gasteiger charge is 2.01. The van der Waals surface area contributed by atoms with E-state index in [1.54, 1.807) is 5.38 Å². The zero-order chi connectivity index (χ0) is 6.69. The van der Waals surface area contributed by atoms with Gasteiger partial charge in [0.15, 0.2) is 0 Å². The molecule has 0 radical (unpaired) electrons. The molecule has 0 atom stereocenters. The Morgan fingerprint density at radius 1 is 1.89 bits per heavy atom. The van der Waals surface area contributed by atoms with E-state index in [1.165, 1.54) is 11.5 Å². The van der Waals surface area contributed by atoms with Crippen molar-refractivity contribution >= 4 is 23.5 Å². The summed E-state index contributed by atoms with van der Waals surface area (Å²) in [5, 5.41) is 15.9. The first-order valence-electron chi connectivity index (χ1n) is 2.09. The smallest absolute Gasteiger partial charge is 0.142 e. The van der Waals surface area contributed by atoms with Crippen molar-refractivity contribution in [1.82, 2.24) is 4.37 Å². The van der Waals surface area contributed by atoms with E-state index >= 15 is 0 Å². The van der Waals surface area contributed by atoms with Gasteiger partial charge in [-0.2, -0.15) is 9.64 Å². The summed E-state index contributed by atoms with van der Waals surface area (Å²) >= 11 is 2.25. The van der Waals surface area contributed by atoms with E-state index in [2.05, 4.69) is 4.37 Å². The van der Waals surface area contributed by atoms with Gasteiger partial charge >= 0.3 is 0 Å². The third kappa shape index (κ3) is 1.21. The lowest BCUT2D eigenvalue weighted by atomic mass is 10.4. The van der Waals surface area contributed by atoms with Gasteiger partial charge in [-0.3, -0.25) is 5.14 Å². The molecule has 1 heterocycles. The van der Waals surface area contributed by atoms with Crippen LogP contribution >= 0.6 is 23.5 Å². The number of nitrogens with two attached hydrogens (primary N) is 1. The van der Waals surface area contributed by atoms with Gasteiger partial charge in [-0.25, -0.2) is 0 Å². The van der Waals surface area contributed by atoms with Crippen LogP contribution in [0.4, 0.5) is 0 Å². The normalized spacial score (nSPS) is 8.89. The molecule has 5 heteroatoms. The fourth-order valence-electron chi connectivity index (χ4n) is 0.386. The number of hydrogen-bond acceptors (Lipinski definition) is 5. The summed E-state index contributed by atoms with van der Waals surface area (Å²) in [5.74, 6) is 0. The maximum atomic E-state index is 8.39. The Balaban J connectivity index is 3.02. The van der Waals surface area contributed by atoms with Gasteiger partial charge in [0, 0.05) is 5.38 Å². The highest BCUT2D eigenvalue weighted by molar-refractivity contribution is 7.97. The second-order valence-electron chi connectivity index (χ2n) is 1.26. The predicted molar refractivity (Wildman–Crippen MR) is 36.9 cm³/mol. The summed E-state index contributed by atoms with van der Waals surface area (Å²) < 4.78 is 3.86. The van der Waals surface area contributed by atoms with Crippen LogP contribution in [0.25, 0.3) is 0 Å². The zero-order valence-corrected chi connectivity index (χ0v) is 6.00. The van der Waals surface area contributed by atoms with E-state index in [-0.39, 0.29) is 0 Å². The fourth-order valence-corrected chi connectivity index (χ4v) is 1.51. The molecule has 9 heavy (non-hydrogen) atoms. The summed E-state index contributed by atoms with van der Waals surface area (Å²) in [6, 6.07) is 1.97. The highest BCUT2D eigenvalue weighted by atomic mass is 32.2. The topological polar surface area (TPSA) is 62.7 Å². The van der Waals surface area contributed by atoms with Crippen LogP contribution in [0.1, 0.15) is 5.56 Å². The van der Waals surface area contributed by atoms with Gasteiger partial charge in [0.05, 0.1) is 5.56 Å². The van der Waals surface area contributed by atoms with E-state index in [4.69, 9.17) is 10.4 Å². The fraction of sp³-hybridized carbons (Fsp3) is 0. The van der Waals surface area contributed by atoms with Crippen molar-refractivity contribution < 1.29 is 0 Å². The summed E-state index contributed by atoms with van der Waals surface area (Å²) in [7, 11) is 0. The van der Waals surface area contributed by atoms with E-state index in [0.29, 0.717) is 10.6 Å². The molecule has 0 saturated heterocycles. The Morgan fingerprint density at radius 2 is 2.67 bits per heavy atom. The maximum Gasteiger partial charge on any atom is 0.142 e. The van der Waals surface area contributed by atoms with Gasteiger partial charge in [-0.1, -0.05) is 0 Å². The summed E-state index contributed by atoms with van der Waals surface area (Å²) in [6.45, 7) is 0. The molecule has 0 aromatic carbocycles. The van der Waals surface area contributed by atoms with Gasteiger partial charge in [-0.05, 0) is 23.5 Å². The zero-order valence-electron chi connectivity index (χ0n) is 4.37. The second-order valence-corrected chi connectivity index (χ2v) is 2.51. The highest BCUT2D eigenvalue weighted by Crippen LogP contribution is 2.16. The van der Waals surface area contributed by atoms with Crippen LogP contribution in [0.5, 0.6) is 0 Å². The van der Waals surface area contributed by atoms with Crippen molar-refractivity contribution in [2.24, 2.45) is 5.14 Å². The van der Waals surface area contributed by atoms with Crippen molar-refractivity contribution in [3.05, 3.63) is 10.9 Å². The molecule has 46 valence electrons. The minimum atomic E-state index is 0.563. The molecule has 0 spiro atoms. The molecule has 1 aromatic heterocycles. The van der Waals surface area contributed by atoms with Crippen molar-refractivity contribution in [1.29, 1.82) is 5.26 Å². The lowest BCUT2D eigenvalue weighted by molar-refractivity contribution is 1.25. The molecule has 0 aliphatic carbocycles. The van der Waals surface area contributed by atoms with Crippen LogP contribution in [0, 0.1) is 11.3 Å². The van der Waals surface area contributed by atoms with Gasteiger partial charge in [0.25, 0.3) is 0 Å². The molecule has 1 aromatic rings. The Labute approximate surface area is 60.8 Å². The molecular formula is C4H3N3S2. The average molecular weight is 157 g/mol. The molecule has 2 N–H and O–H groups in total. The molecule has 0 aliphatic heterocycles. The number of aromatic nitrogens is 1. The third-order valence-corrected chi connectivity index (χ3v) is 2.05. The molecule has 0 bridgehead atoms. The van der Waals surface area contributed by atoms with Crippen LogP contribution in [0.3, 0.4) is 0 Å². The number of hydrogen-bond donors (Lipinski definition) is 1. The van der Waals surface area contributed by atoms with E-state index in [9.17, 15) is 0 Å². The van der Waals surface area contributed by atoms with Gasteiger partial charge in [-0.15, -0.1) is 0 Å². The first kappa shape index (κ1) is 6.55. The van der Waals surface area contributed by atoms with Crippen LogP contribution in [-0.2, 0) is 0 Å². The summed E-state index contributed by atoms with van der Waals surface area (Å²) in [6.07, 6.45) is 0. The molecule has 0 aliphatic rings. The molecule has 0 amide bonds. The van der Waals surface area contributed by atoms with Crippen LogP contribution in [0.2, 0.25) is 0 Å². The number of nitrogens with zero attached hydrogens (tertiary/aromatic N) is 2. The lowest BCUT2D eigenvalue weighted by Crippen LogP contribution is -1.80. The molecule has 0 unspecified atom stereocenters. The van der Waals surface area contributed by atoms with Crippen LogP contribution in [0.15, 0.2) is 10.4 Å². The van der Waals surface area contributed by atoms with Gasteiger partial charge in [0.2, 0.25) is 0 Å². The first-order chi connectivity index (χ1) is 4.38. The monoisotopic (exact) mass is 157 g/mol. The summed E-state index contributed by atoms with van der Waals surface area (Å²) in [5.41, 5.74) is 0.563. The minimum absolute atomic E-state index is 0.563. The summed E-state index contributed by atoms with van der Waals surface area (Å²) in [4.78, 5) is 0. The SMILES string of the molecule is N#Cc1csnc1SN. The van der Waals surface area contributed by atoms with Crippen molar-refractivity contribution in [2.75, 3.05) is 0 Å². The largest absolute Gasteiger partial charge is 0.272 e. The minimum Gasteiger partial charge on any atom is -0.272 e. The number of rotatable bonds is 1. The molecule has 0 saturated carbocycles. The Kier molecular flexibility index (Phi) is 2.05. The van der Waals surface area contributed by atoms with Crippen LogP contribution < -0.4 is 5.14 Å². The quantitative estimate of drug-likeness (QED) is 0.617. The third-order valence-electron chi connectivity index (χ3n) is 0.769. The molecule has 0 fully saturated rings. The average Bonchev–Trinajstić information content (AvgIpc) is 2.33. The Morgan fingerprint density at radius 3 is 3.11 bits per heavy atom. The van der Waals surface area contributed by atoms with E-state index < -0.39 is 0 Å².